The molecule has 2 rings (SSSR count). The molecule has 18 heavy (non-hydrogen) atoms. The number of nitrogens with one attached hydrogen (secondary N) is 1. The lowest BCUT2D eigenvalue weighted by Gasteiger charge is -2.10. The number of rotatable bonds is 4. The summed E-state index contributed by atoms with van der Waals surface area (Å²) >= 11 is 1.66. The summed E-state index contributed by atoms with van der Waals surface area (Å²) in [6, 6.07) is 5.11. The van der Waals surface area contributed by atoms with Gasteiger partial charge in [-0.25, -0.2) is 0 Å². The van der Waals surface area contributed by atoms with E-state index in [1.165, 1.54) is 11.1 Å². The van der Waals surface area contributed by atoms with Crippen LogP contribution in [0.3, 0.4) is 0 Å². The molecule has 0 unspecified atom stereocenters. The van der Waals surface area contributed by atoms with Crippen molar-refractivity contribution in [3.8, 4) is 0 Å². The minimum absolute atomic E-state index is 0.419. The molecule has 0 atom stereocenters. The van der Waals surface area contributed by atoms with Gasteiger partial charge in [0.05, 0.1) is 5.56 Å². The summed E-state index contributed by atoms with van der Waals surface area (Å²) in [5.41, 5.74) is 15.1. The highest BCUT2D eigenvalue weighted by Gasteiger charge is 2.09. The van der Waals surface area contributed by atoms with Crippen molar-refractivity contribution >= 4 is 28.6 Å². The van der Waals surface area contributed by atoms with Gasteiger partial charge in [-0.15, -0.1) is 0 Å². The van der Waals surface area contributed by atoms with Gasteiger partial charge in [-0.1, -0.05) is 0 Å². The van der Waals surface area contributed by atoms with Crippen molar-refractivity contribution in [1.29, 1.82) is 0 Å². The first-order valence-corrected chi connectivity index (χ1v) is 6.47. The number of hydrogen-bond donors (Lipinski definition) is 3. The molecule has 5 N–H and O–H groups in total. The summed E-state index contributed by atoms with van der Waals surface area (Å²) in [6.07, 6.45) is 0. The quantitative estimate of drug-likeness (QED) is 0.739. The van der Waals surface area contributed by atoms with Crippen LogP contribution in [0, 0.1) is 6.92 Å². The molecular formula is C13H15N3OS. The number of benzene rings is 1. The van der Waals surface area contributed by atoms with Gasteiger partial charge in [-0.2, -0.15) is 11.3 Å². The minimum atomic E-state index is -0.480. The Morgan fingerprint density at radius 3 is 2.78 bits per heavy atom. The third kappa shape index (κ3) is 2.62. The number of nitrogen functional groups attached to an aromatic ring is 1. The first-order valence-electron chi connectivity index (χ1n) is 5.53. The van der Waals surface area contributed by atoms with Crippen molar-refractivity contribution < 1.29 is 4.79 Å². The number of aryl methyl sites for hydroxylation is 1. The van der Waals surface area contributed by atoms with E-state index in [1.807, 2.05) is 0 Å². The van der Waals surface area contributed by atoms with Gasteiger partial charge >= 0.3 is 0 Å². The standard InChI is InChI=1S/C13H15N3OS/c1-8-6-18-7-9(8)5-16-12-3-2-10(14)4-11(12)13(15)17/h2-4,6-7,16H,5,14H2,1H3,(H2,15,17). The van der Waals surface area contributed by atoms with Gasteiger partial charge in [0.15, 0.2) is 0 Å². The smallest absolute Gasteiger partial charge is 0.250 e. The van der Waals surface area contributed by atoms with Crippen molar-refractivity contribution in [2.24, 2.45) is 5.73 Å². The molecule has 0 radical (unpaired) electrons. The lowest BCUT2D eigenvalue weighted by molar-refractivity contribution is 0.100. The minimum Gasteiger partial charge on any atom is -0.399 e. The maximum absolute atomic E-state index is 11.3. The van der Waals surface area contributed by atoms with Gasteiger partial charge in [-0.3, -0.25) is 4.79 Å². The molecule has 1 amide bonds. The average Bonchev–Trinajstić information content (AvgIpc) is 2.73. The van der Waals surface area contributed by atoms with E-state index in [4.69, 9.17) is 11.5 Å². The average molecular weight is 261 g/mol. The molecular weight excluding hydrogens is 246 g/mol. The summed E-state index contributed by atoms with van der Waals surface area (Å²) in [5.74, 6) is -0.480. The first-order chi connectivity index (χ1) is 8.58. The number of primary amides is 1. The van der Waals surface area contributed by atoms with Crippen molar-refractivity contribution in [2.45, 2.75) is 13.5 Å². The second kappa shape index (κ2) is 5.10. The van der Waals surface area contributed by atoms with E-state index in [-0.39, 0.29) is 0 Å². The first kappa shape index (κ1) is 12.4. The molecule has 0 aliphatic carbocycles. The van der Waals surface area contributed by atoms with Crippen molar-refractivity contribution in [2.75, 3.05) is 11.1 Å². The predicted octanol–water partition coefficient (Wildman–Crippen LogP) is 2.35. The fraction of sp³-hybridized carbons (Fsp3) is 0.154. The Labute approximate surface area is 110 Å². The van der Waals surface area contributed by atoms with E-state index in [1.54, 1.807) is 29.5 Å². The van der Waals surface area contributed by atoms with Crippen LogP contribution < -0.4 is 16.8 Å². The van der Waals surface area contributed by atoms with Crippen molar-refractivity contribution in [3.05, 3.63) is 45.6 Å². The fourth-order valence-electron chi connectivity index (χ4n) is 1.68. The van der Waals surface area contributed by atoms with Crippen LogP contribution in [-0.2, 0) is 6.54 Å². The summed E-state index contributed by atoms with van der Waals surface area (Å²) in [5, 5.41) is 7.39. The molecule has 94 valence electrons. The van der Waals surface area contributed by atoms with Gasteiger partial charge in [0, 0.05) is 17.9 Å². The Kier molecular flexibility index (Phi) is 3.53. The maximum Gasteiger partial charge on any atom is 0.250 e. The SMILES string of the molecule is Cc1cscc1CNc1ccc(N)cc1C(N)=O. The van der Waals surface area contributed by atoms with Crippen LogP contribution in [0.25, 0.3) is 0 Å². The van der Waals surface area contributed by atoms with Crippen molar-refractivity contribution in [1.82, 2.24) is 0 Å². The van der Waals surface area contributed by atoms with E-state index in [0.29, 0.717) is 23.5 Å². The van der Waals surface area contributed by atoms with Crippen LogP contribution in [0.15, 0.2) is 29.0 Å². The largest absolute Gasteiger partial charge is 0.399 e. The van der Waals surface area contributed by atoms with E-state index in [2.05, 4.69) is 23.0 Å². The molecule has 1 aromatic carbocycles. The molecule has 0 aliphatic rings. The van der Waals surface area contributed by atoms with Gasteiger partial charge in [-0.05, 0) is 47.0 Å². The van der Waals surface area contributed by atoms with Crippen LogP contribution in [0.5, 0.6) is 0 Å². The van der Waals surface area contributed by atoms with Crippen LogP contribution >= 0.6 is 11.3 Å². The zero-order valence-corrected chi connectivity index (χ0v) is 10.9. The molecule has 0 spiro atoms. The second-order valence-electron chi connectivity index (χ2n) is 4.10. The van der Waals surface area contributed by atoms with E-state index in [0.717, 1.165) is 0 Å². The Balaban J connectivity index is 2.19. The highest BCUT2D eigenvalue weighted by atomic mass is 32.1. The molecule has 0 bridgehead atoms. The van der Waals surface area contributed by atoms with Crippen LogP contribution in [-0.4, -0.2) is 5.91 Å². The van der Waals surface area contributed by atoms with Crippen LogP contribution in [0.4, 0.5) is 11.4 Å². The summed E-state index contributed by atoms with van der Waals surface area (Å²) in [6.45, 7) is 2.73. The normalized spacial score (nSPS) is 10.3. The Morgan fingerprint density at radius 2 is 2.17 bits per heavy atom. The summed E-state index contributed by atoms with van der Waals surface area (Å²) < 4.78 is 0. The number of anilines is 2. The van der Waals surface area contributed by atoms with E-state index >= 15 is 0 Å². The number of amides is 1. The fourth-order valence-corrected chi connectivity index (χ4v) is 2.54. The molecule has 0 saturated carbocycles. The van der Waals surface area contributed by atoms with Crippen LogP contribution in [0.2, 0.25) is 0 Å². The van der Waals surface area contributed by atoms with Gasteiger partial charge < -0.3 is 16.8 Å². The monoisotopic (exact) mass is 261 g/mol. The van der Waals surface area contributed by atoms with Gasteiger partial charge in [0.2, 0.25) is 0 Å². The van der Waals surface area contributed by atoms with Crippen LogP contribution in [0.1, 0.15) is 21.5 Å². The molecule has 0 saturated heterocycles. The number of nitrogens with two attached hydrogens (primary N) is 2. The Hall–Kier alpha value is -2.01. The summed E-state index contributed by atoms with van der Waals surface area (Å²) in [4.78, 5) is 11.3. The summed E-state index contributed by atoms with van der Waals surface area (Å²) in [7, 11) is 0. The molecule has 0 aliphatic heterocycles. The number of carbonyl (C=O) groups is 1. The molecule has 4 nitrogen and oxygen atoms in total. The third-order valence-corrected chi connectivity index (χ3v) is 3.65. The lowest BCUT2D eigenvalue weighted by atomic mass is 10.1. The number of carbonyl (C=O) groups excluding carboxylic acids is 1. The molecule has 5 heteroatoms. The molecule has 0 fully saturated rings. The Morgan fingerprint density at radius 1 is 1.39 bits per heavy atom. The predicted molar refractivity (Wildman–Crippen MR) is 75.8 cm³/mol. The highest BCUT2D eigenvalue weighted by Crippen LogP contribution is 2.21. The molecule has 1 aromatic heterocycles. The lowest BCUT2D eigenvalue weighted by Crippen LogP contribution is -2.15. The number of hydrogen-bond acceptors (Lipinski definition) is 4. The third-order valence-electron chi connectivity index (χ3n) is 2.74. The van der Waals surface area contributed by atoms with E-state index < -0.39 is 5.91 Å². The van der Waals surface area contributed by atoms with Gasteiger partial charge in [0.25, 0.3) is 5.91 Å². The number of thiophene rings is 1. The molecule has 1 heterocycles. The van der Waals surface area contributed by atoms with Gasteiger partial charge in [0.1, 0.15) is 0 Å². The Bertz CT molecular complexity index is 577. The zero-order valence-electron chi connectivity index (χ0n) is 10.1. The highest BCUT2D eigenvalue weighted by molar-refractivity contribution is 7.08. The maximum atomic E-state index is 11.3. The second-order valence-corrected chi connectivity index (χ2v) is 4.85. The zero-order chi connectivity index (χ0) is 13.1. The van der Waals surface area contributed by atoms with Crippen molar-refractivity contribution in [3.63, 3.8) is 0 Å². The van der Waals surface area contributed by atoms with E-state index in [9.17, 15) is 4.79 Å². The molecule has 2 aromatic rings. The topological polar surface area (TPSA) is 81.1 Å².